The zero-order valence-electron chi connectivity index (χ0n) is 19.7. The third-order valence-electron chi connectivity index (χ3n) is 6.74. The summed E-state index contributed by atoms with van der Waals surface area (Å²) in [5, 5.41) is 2.85. The van der Waals surface area contributed by atoms with E-state index >= 15 is 4.39 Å². The number of pyridine rings is 1. The van der Waals surface area contributed by atoms with E-state index in [-0.39, 0.29) is 41.1 Å². The van der Waals surface area contributed by atoms with Gasteiger partial charge in [0.1, 0.15) is 11.8 Å². The second-order valence-electron chi connectivity index (χ2n) is 9.11. The molecule has 1 aromatic carbocycles. The zero-order chi connectivity index (χ0) is 26.7. The lowest BCUT2D eigenvalue weighted by atomic mass is 9.85. The number of thioether (sulfide) groups is 1. The van der Waals surface area contributed by atoms with Gasteiger partial charge in [-0.15, -0.1) is 0 Å². The number of rotatable bonds is 7. The number of nitrogens with two attached hydrogens (primary N) is 1. The van der Waals surface area contributed by atoms with Gasteiger partial charge in [0, 0.05) is 29.4 Å². The number of nitrogens with one attached hydrogen (secondary N) is 1. The van der Waals surface area contributed by atoms with Crippen LogP contribution in [0, 0.1) is 17.6 Å². The van der Waals surface area contributed by atoms with Crippen LogP contribution in [0.1, 0.15) is 24.8 Å². The molecule has 196 valence electrons. The second kappa shape index (κ2) is 8.82. The van der Waals surface area contributed by atoms with Gasteiger partial charge in [0.15, 0.2) is 29.2 Å². The predicted molar refractivity (Wildman–Crippen MR) is 131 cm³/mol. The standard InChI is InChI=1S/C24H19F4N7O2S/c1-23(15-8-24(15,21(27)28)38-22(29)35-23)12-6-11(7-13(25)18(12)26)33-20-19-14(2-3-31-20)34-16(9-32-19)37-10-17-30-4-5-36-17/h2-7,9,15,21H,8,10H2,1H3,(H2,29,35)(H,31,33)/t15-,23-,24-/m0/s1. The number of fused-ring (bicyclic) bond motifs is 2. The fraction of sp³-hybridized carbons (Fsp3) is 0.292. The summed E-state index contributed by atoms with van der Waals surface area (Å²) in [6.07, 6.45) is 3.14. The lowest BCUT2D eigenvalue weighted by Gasteiger charge is -2.34. The van der Waals surface area contributed by atoms with Crippen molar-refractivity contribution < 1.29 is 26.7 Å². The minimum atomic E-state index is -2.69. The van der Waals surface area contributed by atoms with Crippen molar-refractivity contribution in [3.05, 3.63) is 66.1 Å². The number of halogens is 4. The highest BCUT2D eigenvalue weighted by atomic mass is 32.2. The van der Waals surface area contributed by atoms with Crippen LogP contribution < -0.4 is 15.8 Å². The molecule has 1 saturated carbocycles. The van der Waals surface area contributed by atoms with E-state index in [4.69, 9.17) is 14.9 Å². The van der Waals surface area contributed by atoms with Gasteiger partial charge in [0.25, 0.3) is 6.43 Å². The molecule has 1 fully saturated rings. The van der Waals surface area contributed by atoms with Crippen molar-refractivity contribution in [3.8, 4) is 5.88 Å². The molecule has 0 unspecified atom stereocenters. The van der Waals surface area contributed by atoms with E-state index in [1.807, 2.05) is 0 Å². The smallest absolute Gasteiger partial charge is 0.253 e. The van der Waals surface area contributed by atoms with Crippen LogP contribution in [0.15, 0.2) is 52.5 Å². The molecule has 0 bridgehead atoms. The highest BCUT2D eigenvalue weighted by Crippen LogP contribution is 2.68. The molecular weight excluding hydrogens is 526 g/mol. The van der Waals surface area contributed by atoms with Crippen LogP contribution in [0.25, 0.3) is 11.0 Å². The van der Waals surface area contributed by atoms with Crippen molar-refractivity contribution in [3.63, 3.8) is 0 Å². The molecule has 6 rings (SSSR count). The molecule has 9 nitrogen and oxygen atoms in total. The number of hydrogen-bond donors (Lipinski definition) is 2. The Hall–Kier alpha value is -3.94. The van der Waals surface area contributed by atoms with Crippen LogP contribution in [-0.2, 0) is 12.1 Å². The maximum atomic E-state index is 15.1. The van der Waals surface area contributed by atoms with Gasteiger partial charge >= 0.3 is 0 Å². The Labute approximate surface area is 216 Å². The molecule has 1 aliphatic heterocycles. The van der Waals surface area contributed by atoms with Crippen molar-refractivity contribution in [1.29, 1.82) is 0 Å². The quantitative estimate of drug-likeness (QED) is 0.312. The Morgan fingerprint density at radius 1 is 1.24 bits per heavy atom. The maximum absolute atomic E-state index is 15.1. The summed E-state index contributed by atoms with van der Waals surface area (Å²) in [5.41, 5.74) is 5.09. The molecular formula is C24H19F4N7O2S. The van der Waals surface area contributed by atoms with E-state index in [9.17, 15) is 13.2 Å². The highest BCUT2D eigenvalue weighted by Gasteiger charge is 2.71. The summed E-state index contributed by atoms with van der Waals surface area (Å²) in [6.45, 7) is 1.55. The summed E-state index contributed by atoms with van der Waals surface area (Å²) in [6, 6.07) is 3.89. The number of alkyl halides is 2. The summed E-state index contributed by atoms with van der Waals surface area (Å²) in [4.78, 5) is 21.3. The average molecular weight is 546 g/mol. The van der Waals surface area contributed by atoms with Gasteiger partial charge in [-0.3, -0.25) is 4.99 Å². The topological polar surface area (TPSA) is 124 Å². The van der Waals surface area contributed by atoms with Gasteiger partial charge in [-0.2, -0.15) is 0 Å². The van der Waals surface area contributed by atoms with E-state index in [1.165, 1.54) is 37.8 Å². The van der Waals surface area contributed by atoms with Crippen LogP contribution in [-0.4, -0.2) is 36.3 Å². The Bertz CT molecular complexity index is 1570. The molecule has 4 aromatic rings. The predicted octanol–water partition coefficient (Wildman–Crippen LogP) is 4.91. The van der Waals surface area contributed by atoms with Gasteiger partial charge in [-0.05, 0) is 25.5 Å². The lowest BCUT2D eigenvalue weighted by Crippen LogP contribution is -2.39. The summed E-state index contributed by atoms with van der Waals surface area (Å²) in [5.74, 6) is -2.26. The highest BCUT2D eigenvalue weighted by molar-refractivity contribution is 8.15. The van der Waals surface area contributed by atoms with E-state index in [2.05, 4.69) is 30.2 Å². The second-order valence-corrected chi connectivity index (χ2v) is 10.5. The van der Waals surface area contributed by atoms with Crippen LogP contribution >= 0.6 is 11.8 Å². The van der Waals surface area contributed by atoms with E-state index in [0.29, 0.717) is 16.9 Å². The SMILES string of the molecule is C[C@@]1(c2cc(Nc3nccc4nc(OCc5ncco5)cnc34)cc(F)c2F)N=C(N)S[C@@]2(C(F)F)C[C@@H]12. The van der Waals surface area contributed by atoms with Crippen LogP contribution in [0.5, 0.6) is 5.88 Å². The normalized spacial score (nSPS) is 24.3. The Morgan fingerprint density at radius 2 is 2.08 bits per heavy atom. The van der Waals surface area contributed by atoms with Crippen LogP contribution in [0.4, 0.5) is 29.1 Å². The Balaban J connectivity index is 1.32. The first-order chi connectivity index (χ1) is 18.2. The monoisotopic (exact) mass is 545 g/mol. The maximum Gasteiger partial charge on any atom is 0.253 e. The number of aliphatic imine (C=N–C) groups is 1. The fourth-order valence-electron chi connectivity index (χ4n) is 4.82. The molecule has 1 aliphatic carbocycles. The van der Waals surface area contributed by atoms with Gasteiger partial charge < -0.3 is 20.2 Å². The number of ether oxygens (including phenoxy) is 1. The first kappa shape index (κ1) is 24.4. The third kappa shape index (κ3) is 3.99. The van der Waals surface area contributed by atoms with E-state index < -0.39 is 34.3 Å². The molecule has 4 heterocycles. The van der Waals surface area contributed by atoms with E-state index in [1.54, 1.807) is 6.07 Å². The lowest BCUT2D eigenvalue weighted by molar-refractivity contribution is 0.123. The number of nitrogens with zero attached hydrogens (tertiary/aromatic N) is 5. The summed E-state index contributed by atoms with van der Waals surface area (Å²) >= 11 is 0.792. The molecule has 3 N–H and O–H groups in total. The van der Waals surface area contributed by atoms with Crippen LogP contribution in [0.2, 0.25) is 0 Å². The minimum absolute atomic E-state index is 0.0547. The van der Waals surface area contributed by atoms with Gasteiger partial charge in [0.05, 0.1) is 28.2 Å². The third-order valence-corrected chi connectivity index (χ3v) is 8.05. The average Bonchev–Trinajstić information content (AvgIpc) is 3.42. The van der Waals surface area contributed by atoms with E-state index in [0.717, 1.165) is 17.8 Å². The first-order valence-electron chi connectivity index (χ1n) is 11.4. The molecule has 14 heteroatoms. The number of oxazole rings is 1. The van der Waals surface area contributed by atoms with Gasteiger partial charge in [-0.1, -0.05) is 11.8 Å². The molecule has 0 spiro atoms. The summed E-state index contributed by atoms with van der Waals surface area (Å²) < 4.78 is 66.8. The van der Waals surface area contributed by atoms with Crippen molar-refractivity contribution in [2.24, 2.45) is 16.6 Å². The molecule has 38 heavy (non-hydrogen) atoms. The number of hydrogen-bond acceptors (Lipinski definition) is 10. The summed E-state index contributed by atoms with van der Waals surface area (Å²) in [7, 11) is 0. The van der Waals surface area contributed by atoms with Crippen molar-refractivity contribution in [2.75, 3.05) is 5.32 Å². The number of anilines is 2. The van der Waals surface area contributed by atoms with Crippen molar-refractivity contribution in [1.82, 2.24) is 19.9 Å². The molecule has 3 atom stereocenters. The Morgan fingerprint density at radius 3 is 2.84 bits per heavy atom. The number of amidine groups is 1. The molecule has 2 aliphatic rings. The van der Waals surface area contributed by atoms with Crippen molar-refractivity contribution in [2.45, 2.75) is 36.7 Å². The first-order valence-corrected chi connectivity index (χ1v) is 12.2. The molecule has 3 aromatic heterocycles. The molecule has 0 radical (unpaired) electrons. The Kier molecular flexibility index (Phi) is 5.67. The largest absolute Gasteiger partial charge is 0.467 e. The van der Waals surface area contributed by atoms with Gasteiger partial charge in [-0.25, -0.2) is 37.5 Å². The zero-order valence-corrected chi connectivity index (χ0v) is 20.5. The number of aromatic nitrogens is 4. The minimum Gasteiger partial charge on any atom is -0.467 e. The number of benzene rings is 1. The van der Waals surface area contributed by atoms with Crippen LogP contribution in [0.3, 0.4) is 0 Å². The fourth-order valence-corrected chi connectivity index (χ4v) is 6.16. The van der Waals surface area contributed by atoms with Crippen molar-refractivity contribution >= 4 is 39.5 Å². The molecule has 0 amide bonds. The molecule has 0 saturated heterocycles. The van der Waals surface area contributed by atoms with Gasteiger partial charge in [0.2, 0.25) is 11.8 Å².